The zero-order valence-corrected chi connectivity index (χ0v) is 26.3. The molecule has 0 unspecified atom stereocenters. The van der Waals surface area contributed by atoms with Gasteiger partial charge in [-0.2, -0.15) is 0 Å². The van der Waals surface area contributed by atoms with Crippen molar-refractivity contribution in [2.24, 2.45) is 0 Å². The molecule has 0 saturated carbocycles. The van der Waals surface area contributed by atoms with Gasteiger partial charge in [0.15, 0.2) is 0 Å². The highest BCUT2D eigenvalue weighted by Crippen LogP contribution is 2.30. The van der Waals surface area contributed by atoms with Crippen LogP contribution in [0.2, 0.25) is 0 Å². The predicted octanol–water partition coefficient (Wildman–Crippen LogP) is 8.22. The average molecular weight is 614 g/mol. The summed E-state index contributed by atoms with van der Waals surface area (Å²) in [5.41, 5.74) is 3.45. The van der Waals surface area contributed by atoms with Crippen LogP contribution in [0.1, 0.15) is 58.1 Å². The lowest BCUT2D eigenvalue weighted by Gasteiger charge is -2.12. The first-order chi connectivity index (χ1) is 19.3. The van der Waals surface area contributed by atoms with Crippen LogP contribution in [-0.2, 0) is 0 Å². The van der Waals surface area contributed by atoms with Gasteiger partial charge in [0.1, 0.15) is 34.5 Å². The van der Waals surface area contributed by atoms with Crippen LogP contribution in [0.15, 0.2) is 77.2 Å². The Morgan fingerprint density at radius 1 is 0.690 bits per heavy atom. The van der Waals surface area contributed by atoms with Gasteiger partial charge in [0, 0.05) is 34.2 Å². The highest BCUT2D eigenvalue weighted by molar-refractivity contribution is 6.00. The van der Waals surface area contributed by atoms with Crippen LogP contribution in [0.3, 0.4) is 0 Å². The molecule has 0 amide bonds. The Labute approximate surface area is 261 Å². The van der Waals surface area contributed by atoms with E-state index in [1.807, 2.05) is 100 Å². The minimum Gasteiger partial charge on any atom is -0.494 e. The molecule has 0 atom stereocenters. The van der Waals surface area contributed by atoms with E-state index in [0.29, 0.717) is 24.9 Å². The van der Waals surface area contributed by atoms with Crippen molar-refractivity contribution in [2.45, 2.75) is 59.0 Å². The number of benzene rings is 3. The number of amidine groups is 2. The molecule has 4 aromatic rings. The summed E-state index contributed by atoms with van der Waals surface area (Å²) in [6.45, 7) is 9.37. The van der Waals surface area contributed by atoms with Crippen molar-refractivity contribution in [2.75, 3.05) is 13.2 Å². The van der Waals surface area contributed by atoms with Crippen LogP contribution in [0, 0.1) is 10.8 Å². The summed E-state index contributed by atoms with van der Waals surface area (Å²) < 4.78 is 18.0. The van der Waals surface area contributed by atoms with Gasteiger partial charge in [-0.05, 0) is 108 Å². The monoisotopic (exact) mass is 612 g/mol. The number of rotatable bonds is 13. The second-order valence-corrected chi connectivity index (χ2v) is 10.5. The van der Waals surface area contributed by atoms with Gasteiger partial charge >= 0.3 is 0 Å². The van der Waals surface area contributed by atoms with Crippen molar-refractivity contribution in [3.05, 3.63) is 83.9 Å². The second kappa shape index (κ2) is 16.7. The molecule has 1 aromatic heterocycles. The van der Waals surface area contributed by atoms with E-state index >= 15 is 0 Å². The third kappa shape index (κ3) is 10.00. The maximum atomic E-state index is 8.25. The van der Waals surface area contributed by atoms with Crippen LogP contribution in [-0.4, -0.2) is 37.0 Å². The van der Waals surface area contributed by atoms with Crippen LogP contribution in [0.4, 0.5) is 0 Å². The third-order valence-electron chi connectivity index (χ3n) is 6.26. The number of fused-ring (bicyclic) bond motifs is 1. The van der Waals surface area contributed by atoms with Crippen molar-refractivity contribution in [1.82, 2.24) is 10.6 Å². The molecule has 0 aliphatic heterocycles. The van der Waals surface area contributed by atoms with E-state index in [1.165, 1.54) is 0 Å². The number of hydrogen-bond donors (Lipinski definition) is 4. The first kappa shape index (κ1) is 34.5. The number of hydrogen-bond acceptors (Lipinski definition) is 5. The maximum Gasteiger partial charge on any atom is 0.135 e. The Bertz CT molecular complexity index is 1440. The van der Waals surface area contributed by atoms with Gasteiger partial charge in [-0.15, -0.1) is 24.8 Å². The molecule has 0 saturated heterocycles. The van der Waals surface area contributed by atoms with Gasteiger partial charge in [-0.25, -0.2) is 0 Å². The summed E-state index contributed by atoms with van der Waals surface area (Å²) in [5.74, 6) is 3.25. The topological polar surface area (TPSA) is 103 Å². The smallest absolute Gasteiger partial charge is 0.135 e. The van der Waals surface area contributed by atoms with Crippen LogP contribution in [0.5, 0.6) is 11.5 Å². The lowest BCUT2D eigenvalue weighted by molar-refractivity contribution is 0.279. The normalized spacial score (nSPS) is 10.6. The Morgan fingerprint density at radius 2 is 1.29 bits per heavy atom. The Balaban J connectivity index is 0.00000308. The van der Waals surface area contributed by atoms with Crippen LogP contribution < -0.4 is 20.1 Å². The standard InChI is InChI=1S/C33H40N4O3.2ClH/c1-22(2)36-32(34)24-11-14-28(15-12-24)38-17-6-5-7-18-39-29-10-8-9-25(20-29)31-21-27-19-26(13-16-30(27)40-31)33(35)37-23(3)4;;/h8-16,19-23H,5-7,17-18H2,1-4H3,(H2,34,36)(H2,35,37);2*1H. The molecule has 0 bridgehead atoms. The fourth-order valence-electron chi connectivity index (χ4n) is 4.30. The van der Waals surface area contributed by atoms with Gasteiger partial charge in [0.05, 0.1) is 13.2 Å². The Kier molecular flexibility index (Phi) is 13.7. The molecule has 0 fully saturated rings. The number of nitrogens with one attached hydrogen (secondary N) is 4. The third-order valence-corrected chi connectivity index (χ3v) is 6.26. The molecule has 42 heavy (non-hydrogen) atoms. The molecule has 9 heteroatoms. The van der Waals surface area contributed by atoms with Crippen molar-refractivity contribution in [3.63, 3.8) is 0 Å². The Morgan fingerprint density at radius 3 is 1.93 bits per heavy atom. The molecule has 1 heterocycles. The van der Waals surface area contributed by atoms with E-state index in [2.05, 4.69) is 10.6 Å². The highest BCUT2D eigenvalue weighted by atomic mass is 35.5. The average Bonchev–Trinajstić information content (AvgIpc) is 3.36. The van der Waals surface area contributed by atoms with E-state index in [1.54, 1.807) is 0 Å². The van der Waals surface area contributed by atoms with E-state index in [0.717, 1.165) is 64.2 Å². The quantitative estimate of drug-likeness (QED) is 0.0691. The zero-order chi connectivity index (χ0) is 28.5. The fourth-order valence-corrected chi connectivity index (χ4v) is 4.30. The van der Waals surface area contributed by atoms with Crippen LogP contribution >= 0.6 is 24.8 Å². The first-order valence-corrected chi connectivity index (χ1v) is 14.0. The first-order valence-electron chi connectivity index (χ1n) is 14.0. The molecule has 4 rings (SSSR count). The summed E-state index contributed by atoms with van der Waals surface area (Å²) in [5, 5.41) is 23.5. The largest absolute Gasteiger partial charge is 0.494 e. The molecule has 0 aliphatic carbocycles. The molecule has 3 aromatic carbocycles. The lowest BCUT2D eigenvalue weighted by atomic mass is 10.1. The maximum absolute atomic E-state index is 8.25. The molecular formula is C33H42Cl2N4O3. The summed E-state index contributed by atoms with van der Waals surface area (Å²) >= 11 is 0. The molecule has 4 N–H and O–H groups in total. The SMILES string of the molecule is CC(C)NC(=N)c1ccc(OCCCCCOc2cccc(-c3cc4cc(C(=N)NC(C)C)ccc4o3)c2)cc1.Cl.Cl. The lowest BCUT2D eigenvalue weighted by Crippen LogP contribution is -2.30. The van der Waals surface area contributed by atoms with E-state index in [9.17, 15) is 0 Å². The molecule has 7 nitrogen and oxygen atoms in total. The Hall–Kier alpha value is -3.68. The zero-order valence-electron chi connectivity index (χ0n) is 24.7. The van der Waals surface area contributed by atoms with Crippen LogP contribution in [0.25, 0.3) is 22.3 Å². The number of ether oxygens (including phenoxy) is 2. The number of unbranched alkanes of at least 4 members (excludes halogenated alkanes) is 2. The minimum atomic E-state index is 0. The van der Waals surface area contributed by atoms with E-state index in [-0.39, 0.29) is 36.9 Å². The summed E-state index contributed by atoms with van der Waals surface area (Å²) in [7, 11) is 0. The number of halogens is 2. The second-order valence-electron chi connectivity index (χ2n) is 10.5. The van der Waals surface area contributed by atoms with Gasteiger partial charge < -0.3 is 24.5 Å². The molecule has 0 radical (unpaired) electrons. The minimum absolute atomic E-state index is 0. The van der Waals surface area contributed by atoms with Gasteiger partial charge in [0.2, 0.25) is 0 Å². The number of furan rings is 1. The summed E-state index contributed by atoms with van der Waals surface area (Å²) in [4.78, 5) is 0. The molecule has 0 aliphatic rings. The highest BCUT2D eigenvalue weighted by Gasteiger charge is 2.10. The molecule has 226 valence electrons. The molecular weight excluding hydrogens is 571 g/mol. The van der Waals surface area contributed by atoms with Gasteiger partial charge in [-0.3, -0.25) is 10.8 Å². The summed E-state index contributed by atoms with van der Waals surface area (Å²) in [6, 6.07) is 23.9. The van der Waals surface area contributed by atoms with E-state index in [4.69, 9.17) is 24.7 Å². The fraction of sp³-hybridized carbons (Fsp3) is 0.333. The molecule has 0 spiro atoms. The van der Waals surface area contributed by atoms with Gasteiger partial charge in [0.25, 0.3) is 0 Å². The van der Waals surface area contributed by atoms with Gasteiger partial charge in [-0.1, -0.05) is 12.1 Å². The summed E-state index contributed by atoms with van der Waals surface area (Å²) in [6.07, 6.45) is 2.89. The van der Waals surface area contributed by atoms with Crippen molar-refractivity contribution >= 4 is 47.5 Å². The van der Waals surface area contributed by atoms with E-state index < -0.39 is 0 Å². The van der Waals surface area contributed by atoms with Crippen molar-refractivity contribution in [3.8, 4) is 22.8 Å². The van der Waals surface area contributed by atoms with Crippen molar-refractivity contribution < 1.29 is 13.9 Å². The predicted molar refractivity (Wildman–Crippen MR) is 178 cm³/mol. The van der Waals surface area contributed by atoms with Crippen molar-refractivity contribution in [1.29, 1.82) is 10.8 Å².